The van der Waals surface area contributed by atoms with E-state index in [9.17, 15) is 21.6 Å². The van der Waals surface area contributed by atoms with E-state index in [0.29, 0.717) is 48.0 Å². The minimum absolute atomic E-state index is 0.262. The topological polar surface area (TPSA) is 93.7 Å². The molecule has 5 rings (SSSR count). The lowest BCUT2D eigenvalue weighted by Gasteiger charge is -2.31. The summed E-state index contributed by atoms with van der Waals surface area (Å²) >= 11 is 0. The van der Waals surface area contributed by atoms with E-state index in [1.165, 1.54) is 6.33 Å². The average molecular weight is 545 g/mol. The zero-order valence-electron chi connectivity index (χ0n) is 20.4. The number of ether oxygens (including phenoxy) is 2. The first-order valence-corrected chi connectivity index (χ1v) is 13.0. The molecule has 0 bridgehead atoms. The van der Waals surface area contributed by atoms with Crippen LogP contribution in [0.15, 0.2) is 65.8 Å². The zero-order valence-corrected chi connectivity index (χ0v) is 21.2. The van der Waals surface area contributed by atoms with Gasteiger partial charge in [-0.05, 0) is 60.0 Å². The molecule has 0 saturated heterocycles. The van der Waals surface area contributed by atoms with E-state index >= 15 is 0 Å². The van der Waals surface area contributed by atoms with Gasteiger partial charge in [0.1, 0.15) is 12.1 Å². The highest BCUT2D eigenvalue weighted by atomic mass is 32.2. The van der Waals surface area contributed by atoms with Crippen molar-refractivity contribution in [1.82, 2.24) is 9.97 Å². The van der Waals surface area contributed by atoms with Gasteiger partial charge < -0.3 is 14.4 Å². The monoisotopic (exact) mass is 544 g/mol. The van der Waals surface area contributed by atoms with Gasteiger partial charge in [0.05, 0.1) is 30.2 Å². The molecule has 0 amide bonds. The number of nitrogens with one attached hydrogen (secondary N) is 1. The molecule has 2 heterocycles. The van der Waals surface area contributed by atoms with Gasteiger partial charge in [-0.3, -0.25) is 4.72 Å². The Hall–Kier alpha value is -4.06. The number of methoxy groups -OCH3 is 2. The third-order valence-electron chi connectivity index (χ3n) is 6.38. The van der Waals surface area contributed by atoms with Crippen LogP contribution >= 0.6 is 0 Å². The Morgan fingerprint density at radius 3 is 2.32 bits per heavy atom. The van der Waals surface area contributed by atoms with Crippen molar-refractivity contribution in [2.75, 3.05) is 30.4 Å². The number of fused-ring (bicyclic) bond motifs is 2. The normalized spacial score (nSPS) is 13.8. The van der Waals surface area contributed by atoms with Gasteiger partial charge >= 0.3 is 6.18 Å². The van der Waals surface area contributed by atoms with Gasteiger partial charge in [-0.15, -0.1) is 0 Å². The highest BCUT2D eigenvalue weighted by Crippen LogP contribution is 2.36. The number of sulfonamides is 1. The van der Waals surface area contributed by atoms with Gasteiger partial charge in [-0.1, -0.05) is 6.07 Å². The predicted octanol–water partition coefficient (Wildman–Crippen LogP) is 5.03. The predicted molar refractivity (Wildman–Crippen MR) is 136 cm³/mol. The van der Waals surface area contributed by atoms with Gasteiger partial charge in [0.2, 0.25) is 0 Å². The number of anilines is 2. The fraction of sp³-hybridized carbons (Fsp3) is 0.231. The van der Waals surface area contributed by atoms with Gasteiger partial charge in [0, 0.05) is 30.2 Å². The second-order valence-electron chi connectivity index (χ2n) is 8.70. The number of benzene rings is 3. The number of alkyl halides is 3. The van der Waals surface area contributed by atoms with Crippen LogP contribution < -0.4 is 19.1 Å². The van der Waals surface area contributed by atoms with E-state index in [-0.39, 0.29) is 4.90 Å². The summed E-state index contributed by atoms with van der Waals surface area (Å²) in [7, 11) is -0.983. The molecular weight excluding hydrogens is 521 g/mol. The first-order chi connectivity index (χ1) is 18.1. The first kappa shape index (κ1) is 25.6. The Kier molecular flexibility index (Phi) is 6.51. The lowest BCUT2D eigenvalue weighted by atomic mass is 9.99. The summed E-state index contributed by atoms with van der Waals surface area (Å²) < 4.78 is 77.5. The molecule has 4 aromatic rings. The maximum atomic E-state index is 12.8. The largest absolute Gasteiger partial charge is 0.493 e. The van der Waals surface area contributed by atoms with Crippen molar-refractivity contribution >= 4 is 32.4 Å². The molecule has 0 atom stereocenters. The van der Waals surface area contributed by atoms with E-state index in [4.69, 9.17) is 9.47 Å². The Morgan fingerprint density at radius 1 is 0.921 bits per heavy atom. The van der Waals surface area contributed by atoms with Crippen LogP contribution in [0, 0.1) is 0 Å². The Labute approximate surface area is 217 Å². The average Bonchev–Trinajstić information content (AvgIpc) is 2.90. The van der Waals surface area contributed by atoms with Crippen LogP contribution in [0.5, 0.6) is 11.5 Å². The van der Waals surface area contributed by atoms with Crippen LogP contribution in [0.4, 0.5) is 24.7 Å². The zero-order chi connectivity index (χ0) is 27.1. The molecule has 1 aliphatic heterocycles. The molecule has 12 heteroatoms. The van der Waals surface area contributed by atoms with Gasteiger partial charge in [0.25, 0.3) is 10.0 Å². The molecule has 1 N–H and O–H groups in total. The standard InChI is InChI=1S/C26H23F3N4O4S/c1-36-23-12-21-22(13-24(23)37-2)30-15-31-25(21)33-10-9-16-3-6-19(11-17(16)14-33)32-38(34,35)20-7-4-18(5-8-20)26(27,28)29/h3-8,11-13,15,32H,9-10,14H2,1-2H3. The van der Waals surface area contributed by atoms with Crippen molar-refractivity contribution in [2.45, 2.75) is 24.0 Å². The highest BCUT2D eigenvalue weighted by molar-refractivity contribution is 7.92. The number of halogens is 3. The summed E-state index contributed by atoms with van der Waals surface area (Å²) in [4.78, 5) is 10.7. The molecule has 0 saturated carbocycles. The molecule has 38 heavy (non-hydrogen) atoms. The maximum Gasteiger partial charge on any atom is 0.416 e. The summed E-state index contributed by atoms with van der Waals surface area (Å²) in [5.74, 6) is 1.81. The molecule has 1 aromatic heterocycles. The highest BCUT2D eigenvalue weighted by Gasteiger charge is 2.30. The van der Waals surface area contributed by atoms with Crippen molar-refractivity contribution in [1.29, 1.82) is 0 Å². The lowest BCUT2D eigenvalue weighted by Crippen LogP contribution is -2.31. The third kappa shape index (κ3) is 4.91. The van der Waals surface area contributed by atoms with Crippen molar-refractivity contribution < 1.29 is 31.1 Å². The number of hydrogen-bond acceptors (Lipinski definition) is 7. The van der Waals surface area contributed by atoms with E-state index in [1.807, 2.05) is 12.1 Å². The SMILES string of the molecule is COc1cc2ncnc(N3CCc4ccc(NS(=O)(=O)c5ccc(C(F)(F)F)cc5)cc4C3)c2cc1OC. The van der Waals surface area contributed by atoms with E-state index in [2.05, 4.69) is 19.6 Å². The van der Waals surface area contributed by atoms with Gasteiger partial charge in [-0.25, -0.2) is 18.4 Å². The van der Waals surface area contributed by atoms with Crippen molar-refractivity contribution in [3.05, 3.63) is 77.6 Å². The summed E-state index contributed by atoms with van der Waals surface area (Å²) in [5.41, 5.74) is 2.05. The summed E-state index contributed by atoms with van der Waals surface area (Å²) in [6.07, 6.45) is -2.36. The third-order valence-corrected chi connectivity index (χ3v) is 7.78. The van der Waals surface area contributed by atoms with Gasteiger partial charge in [-0.2, -0.15) is 13.2 Å². The minimum atomic E-state index is -4.55. The number of hydrogen-bond donors (Lipinski definition) is 1. The molecule has 0 aliphatic carbocycles. The Morgan fingerprint density at radius 2 is 1.63 bits per heavy atom. The molecule has 0 radical (unpaired) electrons. The van der Waals surface area contributed by atoms with E-state index < -0.39 is 21.8 Å². The van der Waals surface area contributed by atoms with Crippen molar-refractivity contribution in [3.63, 3.8) is 0 Å². The van der Waals surface area contributed by atoms with Crippen LogP contribution in [0.3, 0.4) is 0 Å². The molecule has 198 valence electrons. The van der Waals surface area contributed by atoms with Crippen molar-refractivity contribution in [3.8, 4) is 11.5 Å². The van der Waals surface area contributed by atoms with Crippen LogP contribution in [0.1, 0.15) is 16.7 Å². The van der Waals surface area contributed by atoms with Gasteiger partial charge in [0.15, 0.2) is 11.5 Å². The number of rotatable bonds is 6. The fourth-order valence-corrected chi connectivity index (χ4v) is 5.51. The Balaban J connectivity index is 1.41. The molecule has 0 unspecified atom stereocenters. The fourth-order valence-electron chi connectivity index (χ4n) is 4.46. The van der Waals surface area contributed by atoms with E-state index in [0.717, 1.165) is 40.8 Å². The second kappa shape index (κ2) is 9.67. The van der Waals surface area contributed by atoms with E-state index in [1.54, 1.807) is 32.4 Å². The lowest BCUT2D eigenvalue weighted by molar-refractivity contribution is -0.137. The molecule has 0 spiro atoms. The summed E-state index contributed by atoms with van der Waals surface area (Å²) in [6.45, 7) is 1.15. The quantitative estimate of drug-likeness (QED) is 0.364. The molecule has 8 nitrogen and oxygen atoms in total. The minimum Gasteiger partial charge on any atom is -0.493 e. The maximum absolute atomic E-state index is 12.8. The molecule has 1 aliphatic rings. The van der Waals surface area contributed by atoms with Crippen LogP contribution in [0.2, 0.25) is 0 Å². The smallest absolute Gasteiger partial charge is 0.416 e. The van der Waals surface area contributed by atoms with Crippen LogP contribution in [0.25, 0.3) is 10.9 Å². The number of nitrogens with zero attached hydrogens (tertiary/aromatic N) is 3. The second-order valence-corrected chi connectivity index (χ2v) is 10.4. The summed E-state index contributed by atoms with van der Waals surface area (Å²) in [6, 6.07) is 12.2. The first-order valence-electron chi connectivity index (χ1n) is 11.5. The van der Waals surface area contributed by atoms with Crippen molar-refractivity contribution in [2.24, 2.45) is 0 Å². The van der Waals surface area contributed by atoms with Crippen LogP contribution in [-0.4, -0.2) is 39.2 Å². The molecule has 3 aromatic carbocycles. The summed E-state index contributed by atoms with van der Waals surface area (Å²) in [5, 5.41) is 0.785. The van der Waals surface area contributed by atoms with Crippen LogP contribution in [-0.2, 0) is 29.2 Å². The Bertz CT molecular complexity index is 1610. The molecular formula is C26H23F3N4O4S. The number of aromatic nitrogens is 2. The molecule has 0 fully saturated rings.